The van der Waals surface area contributed by atoms with Crippen LogP contribution in [0.25, 0.3) is 0 Å². The maximum absolute atomic E-state index is 5.16. The SMILES string of the molecule is CO[C@H]1CCC[C@@H]1[NH3+]. The molecule has 1 rings (SSSR count). The van der Waals surface area contributed by atoms with Crippen molar-refractivity contribution < 1.29 is 10.5 Å². The van der Waals surface area contributed by atoms with Crippen molar-refractivity contribution in [1.29, 1.82) is 0 Å². The van der Waals surface area contributed by atoms with Crippen molar-refractivity contribution in [3.05, 3.63) is 0 Å². The minimum atomic E-state index is 0.454. The molecule has 1 saturated carbocycles. The smallest absolute Gasteiger partial charge is 0.111 e. The van der Waals surface area contributed by atoms with Gasteiger partial charge in [0, 0.05) is 13.5 Å². The molecule has 2 nitrogen and oxygen atoms in total. The summed E-state index contributed by atoms with van der Waals surface area (Å²) in [6.07, 6.45) is 4.21. The summed E-state index contributed by atoms with van der Waals surface area (Å²) >= 11 is 0. The third kappa shape index (κ3) is 1.01. The average molecular weight is 116 g/mol. The topological polar surface area (TPSA) is 36.9 Å². The van der Waals surface area contributed by atoms with E-state index in [4.69, 9.17) is 4.74 Å². The van der Waals surface area contributed by atoms with Crippen molar-refractivity contribution in [3.8, 4) is 0 Å². The van der Waals surface area contributed by atoms with E-state index in [9.17, 15) is 0 Å². The summed E-state index contributed by atoms with van der Waals surface area (Å²) in [6, 6.07) is 0.556. The van der Waals surface area contributed by atoms with Gasteiger partial charge < -0.3 is 10.5 Å². The van der Waals surface area contributed by atoms with Crippen LogP contribution in [-0.2, 0) is 4.74 Å². The molecule has 0 radical (unpaired) electrons. The van der Waals surface area contributed by atoms with Gasteiger partial charge in [0.05, 0.1) is 0 Å². The standard InChI is InChI=1S/C6H13NO/c1-8-6-4-2-3-5(6)7/h5-6H,2-4,7H2,1H3/p+1/t5-,6-/m0/s1. The highest BCUT2D eigenvalue weighted by atomic mass is 16.5. The molecule has 0 amide bonds. The summed E-state index contributed by atoms with van der Waals surface area (Å²) in [5.41, 5.74) is 3.96. The molecule has 0 bridgehead atoms. The van der Waals surface area contributed by atoms with Crippen LogP contribution < -0.4 is 5.73 Å². The number of methoxy groups -OCH3 is 1. The Labute approximate surface area is 50.0 Å². The Balaban J connectivity index is 2.30. The third-order valence-electron chi connectivity index (χ3n) is 1.89. The van der Waals surface area contributed by atoms with Crippen LogP contribution in [0.2, 0.25) is 0 Å². The van der Waals surface area contributed by atoms with Gasteiger partial charge in [-0.05, 0) is 12.8 Å². The molecule has 48 valence electrons. The number of ether oxygens (including phenoxy) is 1. The van der Waals surface area contributed by atoms with Crippen LogP contribution in [0.5, 0.6) is 0 Å². The molecule has 0 unspecified atom stereocenters. The van der Waals surface area contributed by atoms with E-state index < -0.39 is 0 Å². The normalized spacial score (nSPS) is 38.2. The molecule has 3 N–H and O–H groups in total. The van der Waals surface area contributed by atoms with Crippen LogP contribution in [-0.4, -0.2) is 19.3 Å². The Morgan fingerprint density at radius 1 is 1.50 bits per heavy atom. The van der Waals surface area contributed by atoms with Crippen LogP contribution in [0.3, 0.4) is 0 Å². The van der Waals surface area contributed by atoms with Crippen LogP contribution in [0.4, 0.5) is 0 Å². The molecule has 0 spiro atoms. The Bertz CT molecular complexity index is 74.9. The van der Waals surface area contributed by atoms with Crippen molar-refractivity contribution in [3.63, 3.8) is 0 Å². The maximum Gasteiger partial charge on any atom is 0.111 e. The fraction of sp³-hybridized carbons (Fsp3) is 1.00. The van der Waals surface area contributed by atoms with Gasteiger partial charge in [0.15, 0.2) is 0 Å². The molecule has 0 aromatic carbocycles. The van der Waals surface area contributed by atoms with Gasteiger partial charge in [-0.3, -0.25) is 0 Å². The highest BCUT2D eigenvalue weighted by Gasteiger charge is 2.26. The first-order chi connectivity index (χ1) is 3.84. The quantitative estimate of drug-likeness (QED) is 0.506. The fourth-order valence-corrected chi connectivity index (χ4v) is 1.31. The average Bonchev–Trinajstić information content (AvgIpc) is 2.14. The summed E-state index contributed by atoms with van der Waals surface area (Å²) in [5.74, 6) is 0. The zero-order valence-electron chi connectivity index (χ0n) is 5.39. The van der Waals surface area contributed by atoms with Gasteiger partial charge in [0.2, 0.25) is 0 Å². The molecule has 2 heteroatoms. The summed E-state index contributed by atoms with van der Waals surface area (Å²) in [7, 11) is 1.77. The van der Waals surface area contributed by atoms with Gasteiger partial charge in [0.1, 0.15) is 12.1 Å². The van der Waals surface area contributed by atoms with E-state index in [1.165, 1.54) is 19.3 Å². The molecular formula is C6H14NO+. The first kappa shape index (κ1) is 6.05. The molecule has 1 fully saturated rings. The van der Waals surface area contributed by atoms with Gasteiger partial charge >= 0.3 is 0 Å². The van der Waals surface area contributed by atoms with Crippen LogP contribution in [0.15, 0.2) is 0 Å². The predicted octanol–water partition coefficient (Wildman–Crippen LogP) is -0.204. The van der Waals surface area contributed by atoms with Crippen LogP contribution >= 0.6 is 0 Å². The molecule has 0 aromatic heterocycles. The summed E-state index contributed by atoms with van der Waals surface area (Å²) < 4.78 is 5.16. The van der Waals surface area contributed by atoms with E-state index in [-0.39, 0.29) is 0 Å². The van der Waals surface area contributed by atoms with E-state index in [1.807, 2.05) is 0 Å². The first-order valence-corrected chi connectivity index (χ1v) is 3.20. The van der Waals surface area contributed by atoms with Crippen molar-refractivity contribution in [2.75, 3.05) is 7.11 Å². The Morgan fingerprint density at radius 2 is 2.25 bits per heavy atom. The van der Waals surface area contributed by atoms with Gasteiger partial charge in [-0.15, -0.1) is 0 Å². The molecule has 0 aliphatic heterocycles. The second kappa shape index (κ2) is 2.46. The van der Waals surface area contributed by atoms with E-state index in [1.54, 1.807) is 7.11 Å². The van der Waals surface area contributed by atoms with E-state index >= 15 is 0 Å². The third-order valence-corrected chi connectivity index (χ3v) is 1.89. The monoisotopic (exact) mass is 116 g/mol. The molecule has 0 aromatic rings. The van der Waals surface area contributed by atoms with Gasteiger partial charge in [-0.1, -0.05) is 0 Å². The number of hydrogen-bond donors (Lipinski definition) is 1. The van der Waals surface area contributed by atoms with Crippen molar-refractivity contribution in [2.24, 2.45) is 0 Å². The Kier molecular flexibility index (Phi) is 1.86. The lowest BCUT2D eigenvalue weighted by molar-refractivity contribution is -0.433. The minimum Gasteiger partial charge on any atom is -0.375 e. The molecule has 1 aliphatic carbocycles. The maximum atomic E-state index is 5.16. The van der Waals surface area contributed by atoms with E-state index in [0.717, 1.165) is 0 Å². The molecule has 0 saturated heterocycles. The first-order valence-electron chi connectivity index (χ1n) is 3.20. The Hall–Kier alpha value is -0.0800. The lowest BCUT2D eigenvalue weighted by atomic mass is 10.2. The zero-order valence-corrected chi connectivity index (χ0v) is 5.39. The number of rotatable bonds is 1. The van der Waals surface area contributed by atoms with Gasteiger partial charge in [0.25, 0.3) is 0 Å². The highest BCUT2D eigenvalue weighted by molar-refractivity contribution is 4.74. The highest BCUT2D eigenvalue weighted by Crippen LogP contribution is 2.17. The number of quaternary nitrogens is 1. The van der Waals surface area contributed by atoms with E-state index in [2.05, 4.69) is 5.73 Å². The lowest BCUT2D eigenvalue weighted by Crippen LogP contribution is -2.64. The van der Waals surface area contributed by atoms with Crippen molar-refractivity contribution >= 4 is 0 Å². The molecule has 1 aliphatic rings. The van der Waals surface area contributed by atoms with Gasteiger partial charge in [-0.25, -0.2) is 0 Å². The van der Waals surface area contributed by atoms with Crippen LogP contribution in [0, 0.1) is 0 Å². The van der Waals surface area contributed by atoms with Crippen LogP contribution in [0.1, 0.15) is 19.3 Å². The van der Waals surface area contributed by atoms with Gasteiger partial charge in [-0.2, -0.15) is 0 Å². The Morgan fingerprint density at radius 3 is 2.50 bits per heavy atom. The second-order valence-corrected chi connectivity index (χ2v) is 2.47. The molecule has 0 heterocycles. The number of hydrogen-bond acceptors (Lipinski definition) is 1. The predicted molar refractivity (Wildman–Crippen MR) is 31.3 cm³/mol. The second-order valence-electron chi connectivity index (χ2n) is 2.47. The zero-order chi connectivity index (χ0) is 5.98. The molecular weight excluding hydrogens is 102 g/mol. The summed E-state index contributed by atoms with van der Waals surface area (Å²) in [4.78, 5) is 0. The summed E-state index contributed by atoms with van der Waals surface area (Å²) in [6.45, 7) is 0. The molecule has 8 heavy (non-hydrogen) atoms. The van der Waals surface area contributed by atoms with E-state index in [0.29, 0.717) is 12.1 Å². The van der Waals surface area contributed by atoms with Crippen molar-refractivity contribution in [2.45, 2.75) is 31.4 Å². The summed E-state index contributed by atoms with van der Waals surface area (Å²) in [5, 5.41) is 0. The lowest BCUT2D eigenvalue weighted by Gasteiger charge is -2.08. The van der Waals surface area contributed by atoms with Crippen molar-refractivity contribution in [1.82, 2.24) is 0 Å². The fourth-order valence-electron chi connectivity index (χ4n) is 1.31. The minimum absolute atomic E-state index is 0.454. The largest absolute Gasteiger partial charge is 0.375 e. The molecule has 2 atom stereocenters.